The van der Waals surface area contributed by atoms with Gasteiger partial charge in [-0.15, -0.1) is 0 Å². The molecule has 1 fully saturated rings. The number of carbonyl (C=O) groups excluding carboxylic acids is 2. The van der Waals surface area contributed by atoms with Crippen molar-refractivity contribution in [3.05, 3.63) is 99.7 Å². The van der Waals surface area contributed by atoms with Crippen LogP contribution in [0.1, 0.15) is 52.9 Å². The molecular weight excluding hydrogens is 675 g/mol. The lowest BCUT2D eigenvalue weighted by atomic mass is 9.82. The van der Waals surface area contributed by atoms with Gasteiger partial charge in [0.25, 0.3) is 5.91 Å². The van der Waals surface area contributed by atoms with Gasteiger partial charge in [0.2, 0.25) is 5.91 Å². The second-order valence-electron chi connectivity index (χ2n) is 11.9. The molecule has 2 unspecified atom stereocenters. The van der Waals surface area contributed by atoms with Crippen molar-refractivity contribution in [2.24, 2.45) is 5.92 Å². The molecule has 1 saturated heterocycles. The number of carbonyl (C=O) groups is 2. The summed E-state index contributed by atoms with van der Waals surface area (Å²) in [7, 11) is 1.79. The minimum absolute atomic E-state index is 0.0551. The maximum atomic E-state index is 14.6. The van der Waals surface area contributed by atoms with Crippen LogP contribution in [-0.2, 0) is 17.4 Å². The van der Waals surface area contributed by atoms with Gasteiger partial charge in [-0.1, -0.05) is 53.2 Å². The first-order valence-electron chi connectivity index (χ1n) is 15.4. The number of benzene rings is 3. The summed E-state index contributed by atoms with van der Waals surface area (Å²) in [5, 5.41) is 16.1. The number of hydrogen-bond donors (Lipinski definition) is 2. The Bertz CT molecular complexity index is 1990. The van der Waals surface area contributed by atoms with E-state index in [1.54, 1.807) is 23.0 Å². The lowest BCUT2D eigenvalue weighted by Gasteiger charge is -2.48. The highest BCUT2D eigenvalue weighted by molar-refractivity contribution is 9.10. The summed E-state index contributed by atoms with van der Waals surface area (Å²) in [6, 6.07) is 18.3. The van der Waals surface area contributed by atoms with Gasteiger partial charge in [-0.2, -0.15) is 23.4 Å². The number of H-pyrrole nitrogens is 1. The third kappa shape index (κ3) is 5.35. The van der Waals surface area contributed by atoms with Crippen molar-refractivity contribution in [3.8, 4) is 0 Å². The van der Waals surface area contributed by atoms with Gasteiger partial charge in [-0.05, 0) is 54.8 Å². The van der Waals surface area contributed by atoms with Crippen LogP contribution in [0.3, 0.4) is 0 Å². The lowest BCUT2D eigenvalue weighted by Crippen LogP contribution is -2.56. The predicted molar refractivity (Wildman–Crippen MR) is 176 cm³/mol. The van der Waals surface area contributed by atoms with E-state index in [4.69, 9.17) is 5.10 Å². The van der Waals surface area contributed by atoms with Crippen molar-refractivity contribution < 1.29 is 22.8 Å². The van der Waals surface area contributed by atoms with Crippen molar-refractivity contribution in [1.82, 2.24) is 24.9 Å². The molecule has 13 heteroatoms. The van der Waals surface area contributed by atoms with Gasteiger partial charge in [0.15, 0.2) is 5.82 Å². The molecule has 3 atom stereocenters. The van der Waals surface area contributed by atoms with Gasteiger partial charge < -0.3 is 10.2 Å². The summed E-state index contributed by atoms with van der Waals surface area (Å²) in [5.41, 5.74) is 2.33. The SMILES string of the molecule is CC[C@H]1CC2C(=O)N(c3ccc4c(NC)n[nH]c4c3)c3c(Cc4ccccc4)cnn3C2CN1C(=O)c1ccc(Br)c(C(F)(F)F)c1. The van der Waals surface area contributed by atoms with E-state index in [-0.39, 0.29) is 28.5 Å². The fourth-order valence-electron chi connectivity index (χ4n) is 6.92. The van der Waals surface area contributed by atoms with Crippen LogP contribution >= 0.6 is 15.9 Å². The van der Waals surface area contributed by atoms with E-state index in [0.717, 1.165) is 28.1 Å². The molecule has 242 valence electrons. The van der Waals surface area contributed by atoms with Crippen LogP contribution in [0.15, 0.2) is 77.4 Å². The number of fused-ring (bicyclic) bond motifs is 4. The topological polar surface area (TPSA) is 99.2 Å². The second-order valence-corrected chi connectivity index (χ2v) is 12.8. The van der Waals surface area contributed by atoms with Crippen LogP contribution in [0.4, 0.5) is 30.5 Å². The number of nitrogens with one attached hydrogen (secondary N) is 2. The largest absolute Gasteiger partial charge is 0.417 e. The first-order chi connectivity index (χ1) is 22.6. The van der Waals surface area contributed by atoms with Gasteiger partial charge in [0, 0.05) is 47.0 Å². The summed E-state index contributed by atoms with van der Waals surface area (Å²) >= 11 is 2.97. The maximum absolute atomic E-state index is 14.6. The smallest absolute Gasteiger partial charge is 0.371 e. The highest BCUT2D eigenvalue weighted by Gasteiger charge is 2.49. The molecule has 0 bridgehead atoms. The highest BCUT2D eigenvalue weighted by Crippen LogP contribution is 2.46. The highest BCUT2D eigenvalue weighted by atomic mass is 79.9. The third-order valence-electron chi connectivity index (χ3n) is 9.25. The van der Waals surface area contributed by atoms with Crippen LogP contribution in [0.5, 0.6) is 0 Å². The number of anilines is 3. The zero-order chi connectivity index (χ0) is 33.0. The van der Waals surface area contributed by atoms with E-state index in [2.05, 4.69) is 31.4 Å². The molecule has 4 heterocycles. The number of likely N-dealkylation sites (tertiary alicyclic amines) is 1. The fraction of sp³-hybridized carbons (Fsp3) is 0.294. The Kier molecular flexibility index (Phi) is 7.81. The van der Waals surface area contributed by atoms with E-state index >= 15 is 0 Å². The maximum Gasteiger partial charge on any atom is 0.417 e. The standard InChI is InChI=1S/C34H31BrF3N7O2/c1-3-22-15-25-29(18-43(22)32(46)20-9-12-27(35)26(14-20)34(36,37)38)45-31(21(17-40-45)13-19-7-5-4-6-8-19)44(33(25)47)23-10-11-24-28(16-23)41-42-30(24)39-2/h4-12,14,16-17,22,25,29H,3,13,15,18H2,1-2H3,(H2,39,41,42)/t22-,25?,29?/m0/s1. The van der Waals surface area contributed by atoms with Crippen molar-refractivity contribution in [2.45, 2.75) is 44.4 Å². The average molecular weight is 707 g/mol. The minimum atomic E-state index is -4.63. The predicted octanol–water partition coefficient (Wildman–Crippen LogP) is 7.33. The van der Waals surface area contributed by atoms with E-state index < -0.39 is 29.6 Å². The molecule has 2 N–H and O–H groups in total. The number of alkyl halides is 3. The summed E-state index contributed by atoms with van der Waals surface area (Å²) < 4.78 is 42.9. The molecule has 0 saturated carbocycles. The number of hydrogen-bond acceptors (Lipinski definition) is 5. The number of aromatic nitrogens is 4. The van der Waals surface area contributed by atoms with Crippen LogP contribution in [0, 0.1) is 5.92 Å². The third-order valence-corrected chi connectivity index (χ3v) is 9.94. The number of halogens is 4. The molecule has 0 aliphatic carbocycles. The minimum Gasteiger partial charge on any atom is -0.371 e. The Hall–Kier alpha value is -4.65. The van der Waals surface area contributed by atoms with Crippen molar-refractivity contribution in [3.63, 3.8) is 0 Å². The Morgan fingerprint density at radius 1 is 1.11 bits per heavy atom. The van der Waals surface area contributed by atoms with E-state index in [9.17, 15) is 22.8 Å². The number of piperidine rings is 1. The van der Waals surface area contributed by atoms with Gasteiger partial charge in [0.05, 0.1) is 34.9 Å². The molecule has 2 aliphatic rings. The Morgan fingerprint density at radius 3 is 2.62 bits per heavy atom. The molecule has 9 nitrogen and oxygen atoms in total. The molecule has 2 aromatic heterocycles. The van der Waals surface area contributed by atoms with Gasteiger partial charge in [-0.25, -0.2) is 4.68 Å². The number of amides is 2. The number of nitrogens with zero attached hydrogens (tertiary/aromatic N) is 5. The average Bonchev–Trinajstić information content (AvgIpc) is 3.68. The molecule has 0 spiro atoms. The monoisotopic (exact) mass is 705 g/mol. The molecule has 47 heavy (non-hydrogen) atoms. The molecule has 3 aromatic carbocycles. The van der Waals surface area contributed by atoms with E-state index in [0.29, 0.717) is 36.6 Å². The molecule has 0 radical (unpaired) electrons. The zero-order valence-corrected chi connectivity index (χ0v) is 27.1. The summed E-state index contributed by atoms with van der Waals surface area (Å²) in [4.78, 5) is 31.9. The zero-order valence-electron chi connectivity index (χ0n) is 25.6. The molecule has 7 rings (SSSR count). The van der Waals surface area contributed by atoms with Crippen LogP contribution in [0.2, 0.25) is 0 Å². The van der Waals surface area contributed by atoms with Crippen LogP contribution in [-0.4, -0.2) is 56.3 Å². The Labute approximate surface area is 276 Å². The lowest BCUT2D eigenvalue weighted by molar-refractivity contribution is -0.138. The van der Waals surface area contributed by atoms with Gasteiger partial charge in [0.1, 0.15) is 5.82 Å². The normalized spacial score (nSPS) is 19.5. The van der Waals surface area contributed by atoms with Crippen molar-refractivity contribution >= 4 is 56.0 Å². The number of aromatic amines is 1. The summed E-state index contributed by atoms with van der Waals surface area (Å²) in [6.07, 6.45) is -1.47. The first-order valence-corrected chi connectivity index (χ1v) is 16.2. The summed E-state index contributed by atoms with van der Waals surface area (Å²) in [6.45, 7) is 2.05. The molecule has 2 aliphatic heterocycles. The second kappa shape index (κ2) is 11.9. The molecule has 2 amide bonds. The van der Waals surface area contributed by atoms with Crippen molar-refractivity contribution in [1.29, 1.82) is 0 Å². The van der Waals surface area contributed by atoms with Crippen molar-refractivity contribution in [2.75, 3.05) is 23.8 Å². The summed E-state index contributed by atoms with van der Waals surface area (Å²) in [5.74, 6) is 0.174. The van der Waals surface area contributed by atoms with Gasteiger partial charge >= 0.3 is 6.18 Å². The molecule has 5 aromatic rings. The number of rotatable bonds is 6. The van der Waals surface area contributed by atoms with E-state index in [1.807, 2.05) is 60.1 Å². The Morgan fingerprint density at radius 2 is 1.89 bits per heavy atom. The quantitative estimate of drug-likeness (QED) is 0.193. The Balaban J connectivity index is 1.31. The van der Waals surface area contributed by atoms with Crippen LogP contribution in [0.25, 0.3) is 10.9 Å². The fourth-order valence-corrected chi connectivity index (χ4v) is 7.39. The van der Waals surface area contributed by atoms with Crippen LogP contribution < -0.4 is 10.2 Å². The first kappa shape index (κ1) is 31.0. The van der Waals surface area contributed by atoms with Gasteiger partial charge in [-0.3, -0.25) is 19.6 Å². The van der Waals surface area contributed by atoms with E-state index in [1.165, 1.54) is 12.1 Å². The molecular formula is C34H31BrF3N7O2.